The highest BCUT2D eigenvalue weighted by atomic mass is 16.2. The summed E-state index contributed by atoms with van der Waals surface area (Å²) in [5, 5.41) is 2.53. The van der Waals surface area contributed by atoms with Crippen molar-refractivity contribution in [1.82, 2.24) is 10.2 Å². The van der Waals surface area contributed by atoms with Crippen LogP contribution in [0.1, 0.15) is 0 Å². The Labute approximate surface area is 60.4 Å². The number of nitrogens with zero attached hydrogens (tertiary/aromatic N) is 1. The highest BCUT2D eigenvalue weighted by Crippen LogP contribution is 2.13. The lowest BCUT2D eigenvalue weighted by atomic mass is 10.0. The van der Waals surface area contributed by atoms with Gasteiger partial charge in [-0.15, -0.1) is 6.42 Å². The highest BCUT2D eigenvalue weighted by Gasteiger charge is 2.27. The fraction of sp³-hybridized carbons (Fsp3) is 0.571. The van der Waals surface area contributed by atoms with Gasteiger partial charge in [0.1, 0.15) is 0 Å². The Balaban J connectivity index is 2.27. The quantitative estimate of drug-likeness (QED) is 0.465. The van der Waals surface area contributed by atoms with Gasteiger partial charge in [0.2, 0.25) is 0 Å². The zero-order chi connectivity index (χ0) is 7.56. The molecule has 0 atom stereocenters. The maximum absolute atomic E-state index is 10.8. The fourth-order valence-electron chi connectivity index (χ4n) is 0.908. The van der Waals surface area contributed by atoms with Gasteiger partial charge >= 0.3 is 6.03 Å². The average Bonchev–Trinajstić information content (AvgIpc) is 1.85. The summed E-state index contributed by atoms with van der Waals surface area (Å²) >= 11 is 0. The molecule has 1 aliphatic heterocycles. The third kappa shape index (κ3) is 1.06. The van der Waals surface area contributed by atoms with Crippen LogP contribution >= 0.6 is 0 Å². The largest absolute Gasteiger partial charge is 0.341 e. The van der Waals surface area contributed by atoms with Crippen molar-refractivity contribution in [3.8, 4) is 12.3 Å². The zero-order valence-electron chi connectivity index (χ0n) is 5.92. The lowest BCUT2D eigenvalue weighted by Crippen LogP contribution is -2.52. The first kappa shape index (κ1) is 6.94. The van der Waals surface area contributed by atoms with Gasteiger partial charge in [0.05, 0.1) is 5.92 Å². The fourth-order valence-corrected chi connectivity index (χ4v) is 0.908. The smallest absolute Gasteiger partial charge is 0.317 e. The molecular weight excluding hydrogens is 128 g/mol. The van der Waals surface area contributed by atoms with Crippen molar-refractivity contribution in [2.45, 2.75) is 0 Å². The van der Waals surface area contributed by atoms with Gasteiger partial charge in [0.25, 0.3) is 0 Å². The molecule has 3 nitrogen and oxygen atoms in total. The molecule has 10 heavy (non-hydrogen) atoms. The molecule has 1 N–H and O–H groups in total. The summed E-state index contributed by atoms with van der Waals surface area (Å²) in [7, 11) is 1.62. The summed E-state index contributed by atoms with van der Waals surface area (Å²) in [5.74, 6) is 2.86. The van der Waals surface area contributed by atoms with Crippen LogP contribution in [0.25, 0.3) is 0 Å². The molecule has 1 heterocycles. The van der Waals surface area contributed by atoms with Crippen molar-refractivity contribution in [1.29, 1.82) is 0 Å². The summed E-state index contributed by atoms with van der Waals surface area (Å²) in [5.41, 5.74) is 0. The van der Waals surface area contributed by atoms with Gasteiger partial charge in [-0.2, -0.15) is 0 Å². The zero-order valence-corrected chi connectivity index (χ0v) is 5.92. The third-order valence-corrected chi connectivity index (χ3v) is 1.62. The molecule has 0 spiro atoms. The highest BCUT2D eigenvalue weighted by molar-refractivity contribution is 5.74. The topological polar surface area (TPSA) is 32.3 Å². The molecule has 0 unspecified atom stereocenters. The van der Waals surface area contributed by atoms with Crippen LogP contribution < -0.4 is 5.32 Å². The summed E-state index contributed by atoms with van der Waals surface area (Å²) in [6.07, 6.45) is 5.13. The van der Waals surface area contributed by atoms with E-state index in [9.17, 15) is 4.79 Å². The SMILES string of the molecule is C#CC1CN(C(=O)NC)C1. The molecule has 3 heteroatoms. The van der Waals surface area contributed by atoms with E-state index in [0.29, 0.717) is 13.1 Å². The van der Waals surface area contributed by atoms with Crippen LogP contribution in [-0.4, -0.2) is 31.1 Å². The Bertz CT molecular complexity index is 177. The molecule has 0 aromatic heterocycles. The molecule has 2 amide bonds. The number of hydrogen-bond donors (Lipinski definition) is 1. The van der Waals surface area contributed by atoms with E-state index < -0.39 is 0 Å². The first-order chi connectivity index (χ1) is 4.77. The van der Waals surface area contributed by atoms with Gasteiger partial charge in [-0.1, -0.05) is 5.92 Å². The number of carbonyl (C=O) groups excluding carboxylic acids is 1. The van der Waals surface area contributed by atoms with E-state index in [1.165, 1.54) is 0 Å². The van der Waals surface area contributed by atoms with Crippen LogP contribution in [0.15, 0.2) is 0 Å². The minimum atomic E-state index is -0.0356. The van der Waals surface area contributed by atoms with Gasteiger partial charge in [0.15, 0.2) is 0 Å². The first-order valence-electron chi connectivity index (χ1n) is 3.20. The molecule has 0 radical (unpaired) electrons. The first-order valence-corrected chi connectivity index (χ1v) is 3.20. The van der Waals surface area contributed by atoms with Crippen molar-refractivity contribution in [2.24, 2.45) is 5.92 Å². The number of hydrogen-bond acceptors (Lipinski definition) is 1. The molecule has 1 aliphatic rings. The van der Waals surface area contributed by atoms with E-state index in [0.717, 1.165) is 0 Å². The van der Waals surface area contributed by atoms with E-state index >= 15 is 0 Å². The third-order valence-electron chi connectivity index (χ3n) is 1.62. The van der Waals surface area contributed by atoms with E-state index in [1.54, 1.807) is 11.9 Å². The van der Waals surface area contributed by atoms with Crippen LogP contribution in [0.3, 0.4) is 0 Å². The molecule has 1 saturated heterocycles. The van der Waals surface area contributed by atoms with Crippen molar-refractivity contribution < 1.29 is 4.79 Å². The summed E-state index contributed by atoms with van der Waals surface area (Å²) in [6, 6.07) is -0.0356. The van der Waals surface area contributed by atoms with Crippen LogP contribution in [0.4, 0.5) is 4.79 Å². The number of urea groups is 1. The van der Waals surface area contributed by atoms with E-state index in [2.05, 4.69) is 11.2 Å². The van der Waals surface area contributed by atoms with E-state index in [-0.39, 0.29) is 11.9 Å². The monoisotopic (exact) mass is 138 g/mol. The maximum Gasteiger partial charge on any atom is 0.317 e. The molecule has 1 rings (SSSR count). The van der Waals surface area contributed by atoms with Gasteiger partial charge in [-0.25, -0.2) is 4.79 Å². The number of terminal acetylenes is 1. The average molecular weight is 138 g/mol. The standard InChI is InChI=1S/C7H10N2O/c1-3-6-4-9(5-6)7(10)8-2/h1,6H,4-5H2,2H3,(H,8,10). The van der Waals surface area contributed by atoms with Crippen molar-refractivity contribution >= 4 is 6.03 Å². The molecule has 0 aromatic carbocycles. The Morgan fingerprint density at radius 2 is 2.40 bits per heavy atom. The van der Waals surface area contributed by atoms with Crippen molar-refractivity contribution in [3.05, 3.63) is 0 Å². The Morgan fingerprint density at radius 1 is 1.80 bits per heavy atom. The number of carbonyl (C=O) groups is 1. The van der Waals surface area contributed by atoms with Crippen molar-refractivity contribution in [3.63, 3.8) is 0 Å². The second-order valence-corrected chi connectivity index (χ2v) is 2.32. The lowest BCUT2D eigenvalue weighted by molar-refractivity contribution is 0.146. The van der Waals surface area contributed by atoms with Crippen LogP contribution in [0, 0.1) is 18.3 Å². The van der Waals surface area contributed by atoms with Crippen LogP contribution in [-0.2, 0) is 0 Å². The number of amides is 2. The van der Waals surface area contributed by atoms with Gasteiger partial charge in [-0.3, -0.25) is 0 Å². The molecular formula is C7H10N2O. The second kappa shape index (κ2) is 2.61. The van der Waals surface area contributed by atoms with Crippen molar-refractivity contribution in [2.75, 3.05) is 20.1 Å². The van der Waals surface area contributed by atoms with E-state index in [4.69, 9.17) is 6.42 Å². The van der Waals surface area contributed by atoms with Gasteiger partial charge in [-0.05, 0) is 0 Å². The number of nitrogens with one attached hydrogen (secondary N) is 1. The minimum absolute atomic E-state index is 0.0356. The Hall–Kier alpha value is -1.17. The normalized spacial score (nSPS) is 17.4. The lowest BCUT2D eigenvalue weighted by Gasteiger charge is -2.35. The summed E-state index contributed by atoms with van der Waals surface area (Å²) in [4.78, 5) is 12.5. The summed E-state index contributed by atoms with van der Waals surface area (Å²) in [6.45, 7) is 1.41. The molecule has 0 aromatic rings. The molecule has 0 bridgehead atoms. The Kier molecular flexibility index (Phi) is 1.81. The van der Waals surface area contributed by atoms with Crippen LogP contribution in [0.5, 0.6) is 0 Å². The van der Waals surface area contributed by atoms with Gasteiger partial charge < -0.3 is 10.2 Å². The number of likely N-dealkylation sites (tertiary alicyclic amines) is 1. The molecule has 0 aliphatic carbocycles. The maximum atomic E-state index is 10.8. The number of rotatable bonds is 0. The molecule has 1 fully saturated rings. The molecule has 54 valence electrons. The predicted octanol–water partition coefficient (Wildman–Crippen LogP) is -0.109. The van der Waals surface area contributed by atoms with E-state index in [1.807, 2.05) is 0 Å². The predicted molar refractivity (Wildman–Crippen MR) is 38.4 cm³/mol. The summed E-state index contributed by atoms with van der Waals surface area (Å²) < 4.78 is 0. The minimum Gasteiger partial charge on any atom is -0.341 e. The van der Waals surface area contributed by atoms with Gasteiger partial charge in [0, 0.05) is 20.1 Å². The second-order valence-electron chi connectivity index (χ2n) is 2.32. The molecule has 0 saturated carbocycles. The van der Waals surface area contributed by atoms with Crippen LogP contribution in [0.2, 0.25) is 0 Å². The Morgan fingerprint density at radius 3 is 2.80 bits per heavy atom.